The van der Waals surface area contributed by atoms with Gasteiger partial charge in [0.2, 0.25) is 18.0 Å². The molecule has 5 unspecified atom stereocenters. The minimum Gasteiger partial charge on any atom is -0.464 e. The minimum absolute atomic E-state index is 0.0154. The lowest BCUT2D eigenvalue weighted by molar-refractivity contribution is -0.136. The van der Waals surface area contributed by atoms with E-state index in [-0.39, 0.29) is 41.1 Å². The summed E-state index contributed by atoms with van der Waals surface area (Å²) < 4.78 is 35.7. The SMILES string of the molecule is COC(=O)NC(C(=O)N1CCCC1c1ncc(-c2cc(F)c3c(c2)OC(c2cnc(C4(C)CCCC4)s2)n2c-3cc3cc(-c4cnc(C5CCCN5C(=O)C(NC(=O)OC)C(C)C)[nH]4)ccc32)[nH]1)C(C)C. The molecule has 3 aliphatic heterocycles. The van der Waals surface area contributed by atoms with Crippen molar-refractivity contribution in [3.05, 3.63) is 82.3 Å². The van der Waals surface area contributed by atoms with Crippen molar-refractivity contribution < 1.29 is 37.8 Å². The molecule has 1 saturated carbocycles. The van der Waals surface area contributed by atoms with E-state index in [0.717, 1.165) is 77.0 Å². The number of ether oxygens (including phenoxy) is 3. The molecule has 19 heteroatoms. The number of aromatic nitrogens is 6. The second kappa shape index (κ2) is 19.1. The molecule has 4 aromatic heterocycles. The van der Waals surface area contributed by atoms with E-state index in [0.29, 0.717) is 59.4 Å². The summed E-state index contributed by atoms with van der Waals surface area (Å²) in [6.07, 6.45) is 10.8. The fraction of sp³-hybridized carbons (Fsp3) is 0.481. The van der Waals surface area contributed by atoms with Crippen LogP contribution in [0.4, 0.5) is 14.0 Å². The van der Waals surface area contributed by atoms with Crippen LogP contribution in [-0.4, -0.2) is 103 Å². The number of amides is 4. The van der Waals surface area contributed by atoms with Crippen LogP contribution in [0.2, 0.25) is 0 Å². The van der Waals surface area contributed by atoms with E-state index in [1.807, 2.05) is 58.2 Å². The van der Waals surface area contributed by atoms with E-state index in [2.05, 4.69) is 38.2 Å². The van der Waals surface area contributed by atoms with E-state index in [1.165, 1.54) is 20.3 Å². The molecule has 1 aliphatic carbocycles. The van der Waals surface area contributed by atoms with Gasteiger partial charge in [-0.25, -0.2) is 28.9 Å². The molecular weight excluding hydrogens is 928 g/mol. The number of aromatic amines is 2. The van der Waals surface area contributed by atoms with Crippen molar-refractivity contribution >= 4 is 46.2 Å². The van der Waals surface area contributed by atoms with Crippen LogP contribution < -0.4 is 15.4 Å². The maximum atomic E-state index is 17.0. The molecule has 6 aromatic rings. The standard InChI is InChI=1S/C52H61FN10O7S/c1-27(2)42(59-50(66)68-6)46(64)61-18-10-12-36(61)44-54-24-33(57-44)29-14-15-35-31(20-29)22-38-41-32(53)21-30(23-39(41)70-48(63(35)38)40-26-56-49(71-40)52(5)16-8-9-17-52)34-25-55-45(58-34)37-13-11-19-62(37)47(65)43(28(3)4)60-51(67)69-7/h14-15,20-28,36-37,42-43,48H,8-13,16-19H2,1-7H3,(H,54,57)(H,55,58)(H,59,66)(H,60,67). The molecule has 2 saturated heterocycles. The average Bonchev–Trinajstić information content (AvgIpc) is 4.22. The Morgan fingerprint density at radius 2 is 1.35 bits per heavy atom. The lowest BCUT2D eigenvalue weighted by atomic mass is 9.90. The van der Waals surface area contributed by atoms with Crippen molar-refractivity contribution in [2.24, 2.45) is 11.8 Å². The maximum absolute atomic E-state index is 17.0. The summed E-state index contributed by atoms with van der Waals surface area (Å²) >= 11 is 1.65. The van der Waals surface area contributed by atoms with Gasteiger partial charge < -0.3 is 44.6 Å². The van der Waals surface area contributed by atoms with E-state index in [4.69, 9.17) is 29.2 Å². The number of likely N-dealkylation sites (tertiary alicyclic amines) is 2. The van der Waals surface area contributed by atoms with Crippen LogP contribution in [0.25, 0.3) is 44.7 Å². The van der Waals surface area contributed by atoms with Crippen LogP contribution >= 0.6 is 11.3 Å². The monoisotopic (exact) mass is 988 g/mol. The number of hydrogen-bond donors (Lipinski definition) is 4. The number of fused-ring (bicyclic) bond motifs is 5. The number of halogens is 1. The number of benzene rings is 2. The molecule has 4 N–H and O–H groups in total. The van der Waals surface area contributed by atoms with Crippen LogP contribution in [0.5, 0.6) is 5.75 Å². The largest absolute Gasteiger partial charge is 0.464 e. The second-order valence-electron chi connectivity index (χ2n) is 20.3. The number of carbonyl (C=O) groups is 4. The third-order valence-corrected chi connectivity index (χ3v) is 16.2. The van der Waals surface area contributed by atoms with Crippen molar-refractivity contribution in [1.82, 2.24) is 49.9 Å². The van der Waals surface area contributed by atoms with Gasteiger partial charge in [0, 0.05) is 41.2 Å². The van der Waals surface area contributed by atoms with Gasteiger partial charge in [-0.05, 0) is 80.7 Å². The Labute approximate surface area is 415 Å². The van der Waals surface area contributed by atoms with E-state index >= 15 is 4.39 Å². The molecule has 4 aliphatic rings. The number of nitrogens with one attached hydrogen (secondary N) is 4. The Bertz CT molecular complexity index is 3010. The average molecular weight is 989 g/mol. The first-order valence-electron chi connectivity index (χ1n) is 24.7. The highest BCUT2D eigenvalue weighted by molar-refractivity contribution is 7.11. The molecule has 71 heavy (non-hydrogen) atoms. The zero-order chi connectivity index (χ0) is 49.9. The molecule has 10 rings (SSSR count). The van der Waals surface area contributed by atoms with Crippen molar-refractivity contribution in [3.8, 4) is 39.5 Å². The fourth-order valence-electron chi connectivity index (χ4n) is 11.0. The fourth-order valence-corrected chi connectivity index (χ4v) is 12.2. The van der Waals surface area contributed by atoms with Crippen LogP contribution in [0.1, 0.15) is 126 Å². The molecule has 3 fully saturated rings. The first kappa shape index (κ1) is 47.9. The van der Waals surface area contributed by atoms with Gasteiger partial charge in [-0.1, -0.05) is 53.5 Å². The number of carbonyl (C=O) groups excluding carboxylic acids is 4. The quantitative estimate of drug-likeness (QED) is 0.0915. The van der Waals surface area contributed by atoms with Crippen molar-refractivity contribution in [1.29, 1.82) is 0 Å². The molecule has 374 valence electrons. The summed E-state index contributed by atoms with van der Waals surface area (Å²) in [7, 11) is 2.55. The summed E-state index contributed by atoms with van der Waals surface area (Å²) in [5, 5.41) is 7.34. The lowest BCUT2D eigenvalue weighted by Gasteiger charge is -2.30. The number of thiazole rings is 1. The van der Waals surface area contributed by atoms with Gasteiger partial charge in [0.15, 0.2) is 0 Å². The van der Waals surface area contributed by atoms with Crippen molar-refractivity contribution in [2.45, 2.75) is 122 Å². The molecule has 0 bridgehead atoms. The van der Waals surface area contributed by atoms with Gasteiger partial charge >= 0.3 is 12.2 Å². The van der Waals surface area contributed by atoms with Crippen molar-refractivity contribution in [3.63, 3.8) is 0 Å². The first-order valence-corrected chi connectivity index (χ1v) is 25.5. The van der Waals surface area contributed by atoms with Gasteiger partial charge in [-0.3, -0.25) is 14.2 Å². The van der Waals surface area contributed by atoms with Gasteiger partial charge in [0.1, 0.15) is 35.3 Å². The van der Waals surface area contributed by atoms with Crippen LogP contribution in [0.3, 0.4) is 0 Å². The molecule has 4 amide bonds. The van der Waals surface area contributed by atoms with E-state index in [9.17, 15) is 19.2 Å². The Kier molecular flexibility index (Phi) is 12.9. The summed E-state index contributed by atoms with van der Waals surface area (Å²) in [5.74, 6) is 0.403. The second-order valence-corrected chi connectivity index (χ2v) is 21.3. The molecule has 0 spiro atoms. The van der Waals surface area contributed by atoms with Crippen LogP contribution in [0.15, 0.2) is 55.0 Å². The number of methoxy groups -OCH3 is 2. The highest BCUT2D eigenvalue weighted by Gasteiger charge is 2.41. The first-order chi connectivity index (χ1) is 34.2. The molecular formula is C52H61FN10O7S. The Balaban J connectivity index is 0.981. The number of rotatable bonds is 12. The molecule has 0 radical (unpaired) electrons. The van der Waals surface area contributed by atoms with Crippen LogP contribution in [0, 0.1) is 17.7 Å². The molecule has 7 heterocycles. The summed E-state index contributed by atoms with van der Waals surface area (Å²) in [4.78, 5) is 77.9. The van der Waals surface area contributed by atoms with Gasteiger partial charge in [-0.2, -0.15) is 0 Å². The third kappa shape index (κ3) is 8.79. The number of nitrogens with zero attached hydrogens (tertiary/aromatic N) is 6. The van der Waals surface area contributed by atoms with Gasteiger partial charge in [0.05, 0.1) is 76.7 Å². The smallest absolute Gasteiger partial charge is 0.407 e. The number of hydrogen-bond acceptors (Lipinski definition) is 11. The normalized spacial score (nSPS) is 20.2. The topological polar surface area (TPSA) is 202 Å². The Morgan fingerprint density at radius 3 is 1.92 bits per heavy atom. The molecule has 17 nitrogen and oxygen atoms in total. The zero-order valence-corrected chi connectivity index (χ0v) is 42.0. The highest BCUT2D eigenvalue weighted by Crippen LogP contribution is 2.50. The maximum Gasteiger partial charge on any atom is 0.407 e. The highest BCUT2D eigenvalue weighted by atomic mass is 32.1. The third-order valence-electron chi connectivity index (χ3n) is 14.9. The van der Waals surface area contributed by atoms with Gasteiger partial charge in [0.25, 0.3) is 0 Å². The molecule has 5 atom stereocenters. The lowest BCUT2D eigenvalue weighted by Crippen LogP contribution is -2.51. The zero-order valence-electron chi connectivity index (χ0n) is 41.1. The van der Waals surface area contributed by atoms with Crippen molar-refractivity contribution in [2.75, 3.05) is 27.3 Å². The van der Waals surface area contributed by atoms with Gasteiger partial charge in [-0.15, -0.1) is 11.3 Å². The predicted molar refractivity (Wildman–Crippen MR) is 265 cm³/mol. The summed E-state index contributed by atoms with van der Waals surface area (Å²) in [6.45, 7) is 10.9. The number of H-pyrrole nitrogens is 2. The summed E-state index contributed by atoms with van der Waals surface area (Å²) in [6, 6.07) is 9.26. The predicted octanol–water partition coefficient (Wildman–Crippen LogP) is 9.54. The number of alkyl carbamates (subject to hydrolysis) is 2. The van der Waals surface area contributed by atoms with E-state index < -0.39 is 36.3 Å². The summed E-state index contributed by atoms with van der Waals surface area (Å²) in [5.41, 5.74) is 4.56. The molecule has 2 aromatic carbocycles. The Hall–Kier alpha value is -6.76. The Morgan fingerprint density at radius 1 is 0.775 bits per heavy atom. The van der Waals surface area contributed by atoms with E-state index in [1.54, 1.807) is 33.5 Å². The number of imidazole rings is 2. The minimum atomic E-state index is -0.775. The van der Waals surface area contributed by atoms with Crippen LogP contribution in [-0.2, 0) is 24.5 Å².